The molecule has 0 aliphatic carbocycles. The Morgan fingerprint density at radius 2 is 1.60 bits per heavy atom. The number of hydrogen-bond donors (Lipinski definition) is 0. The maximum absolute atomic E-state index is 12.2. The molecule has 0 aromatic heterocycles. The predicted molar refractivity (Wildman–Crippen MR) is 110 cm³/mol. The van der Waals surface area contributed by atoms with E-state index in [4.69, 9.17) is 49.0 Å². The van der Waals surface area contributed by atoms with Gasteiger partial charge < -0.3 is 18.9 Å². The molecule has 10 heteroatoms. The SMILES string of the molecule is Cc1cc(Cl)c(OCCCOc2ccc(OC(F)(F)F)cc2)c(OCC=C(Cl)Cl)c1. The van der Waals surface area contributed by atoms with Crippen LogP contribution in [-0.2, 0) is 0 Å². The highest BCUT2D eigenvalue weighted by Crippen LogP contribution is 2.36. The highest BCUT2D eigenvalue weighted by Gasteiger charge is 2.30. The Morgan fingerprint density at radius 1 is 0.967 bits per heavy atom. The van der Waals surface area contributed by atoms with E-state index < -0.39 is 6.36 Å². The van der Waals surface area contributed by atoms with Gasteiger partial charge in [-0.2, -0.15) is 0 Å². The van der Waals surface area contributed by atoms with E-state index in [-0.39, 0.29) is 30.1 Å². The summed E-state index contributed by atoms with van der Waals surface area (Å²) in [6.07, 6.45) is -2.74. The first-order valence-corrected chi connectivity index (χ1v) is 9.83. The molecule has 0 radical (unpaired) electrons. The van der Waals surface area contributed by atoms with Crippen LogP contribution in [0.1, 0.15) is 12.0 Å². The number of benzene rings is 2. The number of ether oxygens (including phenoxy) is 4. The smallest absolute Gasteiger partial charge is 0.493 e. The van der Waals surface area contributed by atoms with Crippen LogP contribution in [0.2, 0.25) is 5.02 Å². The highest BCUT2D eigenvalue weighted by atomic mass is 35.5. The van der Waals surface area contributed by atoms with Gasteiger partial charge in [-0.25, -0.2) is 0 Å². The molecule has 0 unspecified atom stereocenters. The summed E-state index contributed by atoms with van der Waals surface area (Å²) in [5, 5.41) is 0.395. The van der Waals surface area contributed by atoms with Crippen molar-refractivity contribution in [2.24, 2.45) is 0 Å². The maximum Gasteiger partial charge on any atom is 0.573 e. The lowest BCUT2D eigenvalue weighted by molar-refractivity contribution is -0.274. The molecule has 2 rings (SSSR count). The van der Waals surface area contributed by atoms with Gasteiger partial charge in [-0.1, -0.05) is 34.8 Å². The van der Waals surface area contributed by atoms with Crippen LogP contribution < -0.4 is 18.9 Å². The van der Waals surface area contributed by atoms with Crippen molar-refractivity contribution in [3.63, 3.8) is 0 Å². The number of halogens is 6. The number of rotatable bonds is 10. The van der Waals surface area contributed by atoms with E-state index in [2.05, 4.69) is 4.74 Å². The minimum Gasteiger partial charge on any atom is -0.493 e. The summed E-state index contributed by atoms with van der Waals surface area (Å²) < 4.78 is 57.2. The van der Waals surface area contributed by atoms with Gasteiger partial charge in [0.1, 0.15) is 22.6 Å². The normalized spacial score (nSPS) is 11.0. The fraction of sp³-hybridized carbons (Fsp3) is 0.300. The summed E-state index contributed by atoms with van der Waals surface area (Å²) in [4.78, 5) is 0. The van der Waals surface area contributed by atoms with Crippen LogP contribution in [0.3, 0.4) is 0 Å². The Morgan fingerprint density at radius 3 is 2.23 bits per heavy atom. The molecule has 0 heterocycles. The third kappa shape index (κ3) is 8.81. The van der Waals surface area contributed by atoms with Gasteiger partial charge in [-0.15, -0.1) is 13.2 Å². The lowest BCUT2D eigenvalue weighted by atomic mass is 10.2. The van der Waals surface area contributed by atoms with E-state index in [1.54, 1.807) is 12.1 Å². The van der Waals surface area contributed by atoms with Crippen LogP contribution in [0.4, 0.5) is 13.2 Å². The van der Waals surface area contributed by atoms with Gasteiger partial charge in [-0.3, -0.25) is 0 Å². The van der Waals surface area contributed by atoms with E-state index in [0.717, 1.165) is 5.56 Å². The average molecular weight is 486 g/mol. The minimum absolute atomic E-state index is 0.0892. The topological polar surface area (TPSA) is 36.9 Å². The zero-order chi connectivity index (χ0) is 22.1. The highest BCUT2D eigenvalue weighted by molar-refractivity contribution is 6.55. The molecule has 164 valence electrons. The van der Waals surface area contributed by atoms with E-state index in [1.807, 2.05) is 6.92 Å². The third-order valence-corrected chi connectivity index (χ3v) is 4.08. The van der Waals surface area contributed by atoms with Gasteiger partial charge in [0.2, 0.25) is 0 Å². The van der Waals surface area contributed by atoms with Crippen molar-refractivity contribution in [3.05, 3.63) is 57.6 Å². The van der Waals surface area contributed by atoms with Gasteiger partial charge in [0.15, 0.2) is 11.5 Å². The van der Waals surface area contributed by atoms with Crippen LogP contribution in [0.5, 0.6) is 23.0 Å². The molecule has 0 aliphatic heterocycles. The molecule has 2 aromatic carbocycles. The molecular weight excluding hydrogens is 468 g/mol. The Bertz CT molecular complexity index is 852. The molecule has 0 spiro atoms. The van der Waals surface area contributed by atoms with Crippen LogP contribution in [0, 0.1) is 6.92 Å². The zero-order valence-electron chi connectivity index (χ0n) is 15.8. The number of aryl methyl sites for hydroxylation is 1. The second kappa shape index (κ2) is 11.4. The fourth-order valence-electron chi connectivity index (χ4n) is 2.30. The summed E-state index contributed by atoms with van der Waals surface area (Å²) in [7, 11) is 0. The Hall–Kier alpha value is -1.96. The monoisotopic (exact) mass is 484 g/mol. The van der Waals surface area contributed by atoms with Crippen molar-refractivity contribution in [2.45, 2.75) is 19.7 Å². The van der Waals surface area contributed by atoms with Crippen molar-refractivity contribution in [1.82, 2.24) is 0 Å². The number of alkyl halides is 3. The molecule has 0 saturated heterocycles. The molecule has 0 atom stereocenters. The first kappa shape index (κ1) is 24.3. The summed E-state index contributed by atoms with van der Waals surface area (Å²) >= 11 is 17.4. The first-order valence-electron chi connectivity index (χ1n) is 8.69. The lowest BCUT2D eigenvalue weighted by Crippen LogP contribution is -2.17. The fourth-order valence-corrected chi connectivity index (χ4v) is 2.75. The van der Waals surface area contributed by atoms with Crippen molar-refractivity contribution < 1.29 is 32.1 Å². The summed E-state index contributed by atoms with van der Waals surface area (Å²) in [5.41, 5.74) is 0.893. The Balaban J connectivity index is 1.83. The van der Waals surface area contributed by atoms with Crippen molar-refractivity contribution in [2.75, 3.05) is 19.8 Å². The molecule has 4 nitrogen and oxygen atoms in total. The van der Waals surface area contributed by atoms with Gasteiger partial charge in [0.25, 0.3) is 0 Å². The molecule has 0 amide bonds. The van der Waals surface area contributed by atoms with Crippen LogP contribution in [0.15, 0.2) is 47.0 Å². The number of hydrogen-bond acceptors (Lipinski definition) is 4. The first-order chi connectivity index (χ1) is 14.1. The lowest BCUT2D eigenvalue weighted by Gasteiger charge is -2.15. The van der Waals surface area contributed by atoms with Gasteiger partial charge in [0, 0.05) is 6.42 Å². The van der Waals surface area contributed by atoms with E-state index >= 15 is 0 Å². The molecule has 2 aromatic rings. The molecule has 0 fully saturated rings. The van der Waals surface area contributed by atoms with E-state index in [1.165, 1.54) is 30.3 Å². The van der Waals surface area contributed by atoms with Gasteiger partial charge in [-0.05, 0) is 55.0 Å². The van der Waals surface area contributed by atoms with Crippen molar-refractivity contribution >= 4 is 34.8 Å². The molecular formula is C20H18Cl3F3O4. The Kier molecular flexibility index (Phi) is 9.27. The molecule has 0 bridgehead atoms. The van der Waals surface area contributed by atoms with Crippen LogP contribution in [-0.4, -0.2) is 26.2 Å². The van der Waals surface area contributed by atoms with E-state index in [0.29, 0.717) is 28.7 Å². The van der Waals surface area contributed by atoms with E-state index in [9.17, 15) is 13.2 Å². The van der Waals surface area contributed by atoms with Crippen molar-refractivity contribution in [1.29, 1.82) is 0 Å². The van der Waals surface area contributed by atoms with Crippen LogP contribution >= 0.6 is 34.8 Å². The quantitative estimate of drug-likeness (QED) is 0.337. The van der Waals surface area contributed by atoms with Crippen LogP contribution in [0.25, 0.3) is 0 Å². The van der Waals surface area contributed by atoms with Gasteiger partial charge >= 0.3 is 6.36 Å². The predicted octanol–water partition coefficient (Wildman–Crippen LogP) is 7.09. The Labute approximate surface area is 187 Å². The third-order valence-electron chi connectivity index (χ3n) is 3.49. The summed E-state index contributed by atoms with van der Waals surface area (Å²) in [6, 6.07) is 8.65. The minimum atomic E-state index is -4.73. The summed E-state index contributed by atoms with van der Waals surface area (Å²) in [6.45, 7) is 2.58. The summed E-state index contributed by atoms with van der Waals surface area (Å²) in [5.74, 6) is 0.929. The molecule has 0 N–H and O–H groups in total. The molecule has 30 heavy (non-hydrogen) atoms. The van der Waals surface area contributed by atoms with Gasteiger partial charge in [0.05, 0.1) is 18.2 Å². The van der Waals surface area contributed by atoms with Crippen molar-refractivity contribution in [3.8, 4) is 23.0 Å². The largest absolute Gasteiger partial charge is 0.573 e. The zero-order valence-corrected chi connectivity index (χ0v) is 18.0. The average Bonchev–Trinajstić information content (AvgIpc) is 2.63. The second-order valence-electron chi connectivity index (χ2n) is 5.95. The maximum atomic E-state index is 12.2. The molecule has 0 aliphatic rings. The molecule has 0 saturated carbocycles. The standard InChI is InChI=1S/C20H18Cl3F3O4/c1-13-11-16(21)19(17(12-13)28-10-7-18(22)23)29-9-2-8-27-14-3-5-15(6-4-14)30-20(24,25)26/h3-7,11-12H,2,8-10H2,1H3. The second-order valence-corrected chi connectivity index (χ2v) is 7.36.